The van der Waals surface area contributed by atoms with Crippen molar-refractivity contribution in [3.63, 3.8) is 0 Å². The van der Waals surface area contributed by atoms with E-state index in [9.17, 15) is 9.59 Å². The number of hydrogen-bond donors (Lipinski definition) is 0. The van der Waals surface area contributed by atoms with Crippen LogP contribution in [0.4, 0.5) is 0 Å². The van der Waals surface area contributed by atoms with Crippen LogP contribution in [-0.2, 0) is 9.59 Å². The number of hydrogen-bond acceptors (Lipinski definition) is 3. The van der Waals surface area contributed by atoms with Crippen LogP contribution in [0.15, 0.2) is 0 Å². The SMILES string of the molecule is CC(=O)CCN1C(=O)CC(C2CC2)N1C. The predicted molar refractivity (Wildman–Crippen MR) is 55.9 cm³/mol. The van der Waals surface area contributed by atoms with Gasteiger partial charge < -0.3 is 0 Å². The molecule has 2 fully saturated rings. The maximum absolute atomic E-state index is 11.7. The molecule has 1 saturated carbocycles. The van der Waals surface area contributed by atoms with Crippen LogP contribution in [0, 0.1) is 5.92 Å². The summed E-state index contributed by atoms with van der Waals surface area (Å²) in [6, 6.07) is 0.393. The van der Waals surface area contributed by atoms with Crippen molar-refractivity contribution in [2.75, 3.05) is 13.6 Å². The predicted octanol–water partition coefficient (Wildman–Crippen LogP) is 0.823. The van der Waals surface area contributed by atoms with Gasteiger partial charge in [0.2, 0.25) is 5.91 Å². The van der Waals surface area contributed by atoms with Crippen LogP contribution in [0.25, 0.3) is 0 Å². The Bertz CT molecular complexity index is 286. The molecule has 2 aliphatic rings. The Morgan fingerprint density at radius 1 is 1.47 bits per heavy atom. The topological polar surface area (TPSA) is 40.6 Å². The average molecular weight is 210 g/mol. The summed E-state index contributed by atoms with van der Waals surface area (Å²) in [6.45, 7) is 2.12. The van der Waals surface area contributed by atoms with Crippen LogP contribution in [-0.4, -0.2) is 41.3 Å². The van der Waals surface area contributed by atoms with E-state index in [0.29, 0.717) is 31.3 Å². The fraction of sp³-hybridized carbons (Fsp3) is 0.818. The molecule has 1 heterocycles. The highest BCUT2D eigenvalue weighted by atomic mass is 16.2. The summed E-state index contributed by atoms with van der Waals surface area (Å²) < 4.78 is 0. The Labute approximate surface area is 90.2 Å². The molecular weight excluding hydrogens is 192 g/mol. The molecule has 84 valence electrons. The van der Waals surface area contributed by atoms with Crippen LogP contribution in [0.2, 0.25) is 0 Å². The Morgan fingerprint density at radius 3 is 2.67 bits per heavy atom. The third-order valence-electron chi connectivity index (χ3n) is 3.37. The lowest BCUT2D eigenvalue weighted by Crippen LogP contribution is -2.41. The van der Waals surface area contributed by atoms with E-state index in [1.165, 1.54) is 12.8 Å². The van der Waals surface area contributed by atoms with Gasteiger partial charge in [-0.25, -0.2) is 5.01 Å². The summed E-state index contributed by atoms with van der Waals surface area (Å²) >= 11 is 0. The Kier molecular flexibility index (Phi) is 2.78. The fourth-order valence-electron chi connectivity index (χ4n) is 2.27. The number of carbonyl (C=O) groups is 2. The van der Waals surface area contributed by atoms with Crippen LogP contribution in [0.1, 0.15) is 32.6 Å². The maximum Gasteiger partial charge on any atom is 0.238 e. The van der Waals surface area contributed by atoms with Crippen molar-refractivity contribution in [1.29, 1.82) is 0 Å². The zero-order valence-electron chi connectivity index (χ0n) is 9.40. The second-order valence-corrected chi connectivity index (χ2v) is 4.65. The Balaban J connectivity index is 1.93. The molecule has 0 aromatic carbocycles. The summed E-state index contributed by atoms with van der Waals surface area (Å²) in [6.07, 6.45) is 3.61. The summed E-state index contributed by atoms with van der Waals surface area (Å²) in [5.41, 5.74) is 0. The van der Waals surface area contributed by atoms with Gasteiger partial charge in [0.1, 0.15) is 5.78 Å². The lowest BCUT2D eigenvalue weighted by Gasteiger charge is -2.27. The molecule has 0 bridgehead atoms. The molecule has 0 aromatic heterocycles. The number of carbonyl (C=O) groups excluding carboxylic acids is 2. The standard InChI is InChI=1S/C11H18N2O2/c1-8(14)5-6-13-11(15)7-10(12(13)2)9-3-4-9/h9-10H,3-7H2,1-2H3. The van der Waals surface area contributed by atoms with Gasteiger partial charge in [-0.05, 0) is 25.7 Å². The highest BCUT2D eigenvalue weighted by molar-refractivity contribution is 5.80. The maximum atomic E-state index is 11.7. The molecule has 4 heteroatoms. The minimum absolute atomic E-state index is 0.145. The van der Waals surface area contributed by atoms with Gasteiger partial charge in [0.25, 0.3) is 0 Å². The summed E-state index contributed by atoms with van der Waals surface area (Å²) in [5, 5.41) is 3.79. The van der Waals surface area contributed by atoms with E-state index in [-0.39, 0.29) is 11.7 Å². The zero-order chi connectivity index (χ0) is 11.0. The number of amides is 1. The lowest BCUT2D eigenvalue weighted by molar-refractivity contribution is -0.137. The number of Topliss-reactive ketones (excluding diaryl/α,β-unsaturated/α-hetero) is 1. The summed E-state index contributed by atoms with van der Waals surface area (Å²) in [7, 11) is 1.97. The first-order valence-electron chi connectivity index (χ1n) is 5.62. The molecule has 1 unspecified atom stereocenters. The largest absolute Gasteiger partial charge is 0.300 e. The summed E-state index contributed by atoms with van der Waals surface area (Å²) in [4.78, 5) is 22.6. The van der Waals surface area contributed by atoms with E-state index < -0.39 is 0 Å². The van der Waals surface area contributed by atoms with Crippen LogP contribution in [0.5, 0.6) is 0 Å². The van der Waals surface area contributed by atoms with Gasteiger partial charge in [-0.1, -0.05) is 0 Å². The van der Waals surface area contributed by atoms with Crippen molar-refractivity contribution in [3.05, 3.63) is 0 Å². The number of ketones is 1. The third kappa shape index (κ3) is 2.20. The molecule has 1 saturated heterocycles. The van der Waals surface area contributed by atoms with Gasteiger partial charge in [0.05, 0.1) is 0 Å². The number of nitrogens with zero attached hydrogens (tertiary/aromatic N) is 2. The number of rotatable bonds is 4. The van der Waals surface area contributed by atoms with Crippen molar-refractivity contribution >= 4 is 11.7 Å². The van der Waals surface area contributed by atoms with Crippen molar-refractivity contribution in [2.45, 2.75) is 38.6 Å². The third-order valence-corrected chi connectivity index (χ3v) is 3.37. The van der Waals surface area contributed by atoms with Gasteiger partial charge in [0.15, 0.2) is 0 Å². The van der Waals surface area contributed by atoms with E-state index >= 15 is 0 Å². The molecule has 2 rings (SSSR count). The van der Waals surface area contributed by atoms with Gasteiger partial charge in [-0.2, -0.15) is 0 Å². The number of hydrazine groups is 1. The highest BCUT2D eigenvalue weighted by Gasteiger charge is 2.43. The summed E-state index contributed by atoms with van der Waals surface area (Å²) in [5.74, 6) is 1.03. The molecule has 1 atom stereocenters. The van der Waals surface area contributed by atoms with Crippen LogP contribution in [0.3, 0.4) is 0 Å². The van der Waals surface area contributed by atoms with E-state index in [1.807, 2.05) is 12.1 Å². The van der Waals surface area contributed by atoms with Gasteiger partial charge in [-0.15, -0.1) is 0 Å². The molecular formula is C11H18N2O2. The quantitative estimate of drug-likeness (QED) is 0.690. The van der Waals surface area contributed by atoms with E-state index in [4.69, 9.17) is 0 Å². The van der Waals surface area contributed by atoms with Crippen molar-refractivity contribution < 1.29 is 9.59 Å². The average Bonchev–Trinajstić information content (AvgIpc) is 2.93. The molecule has 0 radical (unpaired) electrons. The molecule has 0 N–H and O–H groups in total. The minimum atomic E-state index is 0.145. The van der Waals surface area contributed by atoms with Gasteiger partial charge in [0, 0.05) is 32.5 Å². The normalized spacial score (nSPS) is 27.5. The molecule has 4 nitrogen and oxygen atoms in total. The molecule has 0 spiro atoms. The van der Waals surface area contributed by atoms with E-state index in [2.05, 4.69) is 0 Å². The molecule has 1 aliphatic carbocycles. The lowest BCUT2D eigenvalue weighted by atomic mass is 10.1. The smallest absolute Gasteiger partial charge is 0.238 e. The Hall–Kier alpha value is -0.900. The Morgan fingerprint density at radius 2 is 2.13 bits per heavy atom. The molecule has 1 amide bonds. The van der Waals surface area contributed by atoms with Gasteiger partial charge in [-0.3, -0.25) is 14.6 Å². The fourth-order valence-corrected chi connectivity index (χ4v) is 2.27. The molecule has 0 aromatic rings. The first-order chi connectivity index (χ1) is 7.09. The second kappa shape index (κ2) is 3.93. The first kappa shape index (κ1) is 10.6. The molecule has 1 aliphatic heterocycles. The van der Waals surface area contributed by atoms with Gasteiger partial charge >= 0.3 is 0 Å². The van der Waals surface area contributed by atoms with Crippen LogP contribution >= 0.6 is 0 Å². The minimum Gasteiger partial charge on any atom is -0.300 e. The first-order valence-corrected chi connectivity index (χ1v) is 5.62. The van der Waals surface area contributed by atoms with Crippen LogP contribution < -0.4 is 0 Å². The van der Waals surface area contributed by atoms with E-state index in [0.717, 1.165) is 0 Å². The van der Waals surface area contributed by atoms with E-state index in [1.54, 1.807) is 11.9 Å². The monoisotopic (exact) mass is 210 g/mol. The van der Waals surface area contributed by atoms with Crippen molar-refractivity contribution in [2.24, 2.45) is 5.92 Å². The van der Waals surface area contributed by atoms with Crippen molar-refractivity contribution in [3.8, 4) is 0 Å². The zero-order valence-corrected chi connectivity index (χ0v) is 9.40. The molecule has 15 heavy (non-hydrogen) atoms. The second-order valence-electron chi connectivity index (χ2n) is 4.65. The van der Waals surface area contributed by atoms with Crippen molar-refractivity contribution in [1.82, 2.24) is 10.0 Å². The highest BCUT2D eigenvalue weighted by Crippen LogP contribution is 2.39.